The van der Waals surface area contributed by atoms with Crippen molar-refractivity contribution in [2.45, 2.75) is 32.7 Å². The molecule has 1 aromatic carbocycles. The van der Waals surface area contributed by atoms with E-state index in [4.69, 9.17) is 15.2 Å². The summed E-state index contributed by atoms with van der Waals surface area (Å²) in [5, 5.41) is 3.40. The van der Waals surface area contributed by atoms with Crippen LogP contribution in [0.5, 0.6) is 11.5 Å². The molecule has 114 valence electrons. The van der Waals surface area contributed by atoms with Crippen LogP contribution >= 0.6 is 15.9 Å². The minimum atomic E-state index is 0.686. The second-order valence-corrected chi connectivity index (χ2v) is 5.48. The van der Waals surface area contributed by atoms with Gasteiger partial charge in [0.2, 0.25) is 0 Å². The van der Waals surface area contributed by atoms with E-state index in [1.165, 1.54) is 5.56 Å². The van der Waals surface area contributed by atoms with Gasteiger partial charge in [-0.15, -0.1) is 0 Å². The third-order valence-corrected chi connectivity index (χ3v) is 3.47. The number of hydrogen-bond donors (Lipinski definition) is 2. The van der Waals surface area contributed by atoms with E-state index in [1.54, 1.807) is 7.11 Å². The molecule has 3 N–H and O–H groups in total. The zero-order chi connectivity index (χ0) is 14.8. The summed E-state index contributed by atoms with van der Waals surface area (Å²) >= 11 is 3.55. The molecule has 1 aromatic rings. The Kier molecular flexibility index (Phi) is 8.65. The normalized spacial score (nSPS) is 10.6. The lowest BCUT2D eigenvalue weighted by molar-refractivity contribution is 0.292. The molecule has 0 aliphatic heterocycles. The van der Waals surface area contributed by atoms with Crippen molar-refractivity contribution in [2.75, 3.05) is 26.8 Å². The van der Waals surface area contributed by atoms with E-state index in [0.717, 1.165) is 54.9 Å². The molecule has 4 nitrogen and oxygen atoms in total. The summed E-state index contributed by atoms with van der Waals surface area (Å²) in [7, 11) is 1.67. The maximum Gasteiger partial charge on any atom is 0.175 e. The first kappa shape index (κ1) is 17.3. The predicted octanol–water partition coefficient (Wildman–Crippen LogP) is 3.08. The number of ether oxygens (including phenoxy) is 2. The second kappa shape index (κ2) is 10.0. The number of benzene rings is 1. The van der Waals surface area contributed by atoms with E-state index in [0.29, 0.717) is 6.61 Å². The highest BCUT2D eigenvalue weighted by molar-refractivity contribution is 9.10. The van der Waals surface area contributed by atoms with Crippen molar-refractivity contribution in [1.29, 1.82) is 0 Å². The largest absolute Gasteiger partial charge is 0.493 e. The van der Waals surface area contributed by atoms with Crippen molar-refractivity contribution < 1.29 is 9.47 Å². The number of halogens is 1. The van der Waals surface area contributed by atoms with Gasteiger partial charge in [0.25, 0.3) is 0 Å². The molecular weight excluding hydrogens is 320 g/mol. The Morgan fingerprint density at radius 1 is 1.30 bits per heavy atom. The standard InChI is InChI=1S/C15H25BrN2O2/c1-3-8-20-15-13(16)9-12(10-14(15)19-2)11-18-7-5-4-6-17/h9-10,18H,3-8,11,17H2,1-2H3. The summed E-state index contributed by atoms with van der Waals surface area (Å²) in [5.41, 5.74) is 6.64. The molecule has 0 saturated carbocycles. The van der Waals surface area contributed by atoms with E-state index in [2.05, 4.69) is 34.2 Å². The molecule has 0 atom stereocenters. The summed E-state index contributed by atoms with van der Waals surface area (Å²) in [5.74, 6) is 1.55. The third kappa shape index (κ3) is 5.69. The van der Waals surface area contributed by atoms with Crippen molar-refractivity contribution in [3.05, 3.63) is 22.2 Å². The van der Waals surface area contributed by atoms with E-state index in [9.17, 15) is 0 Å². The summed E-state index contributed by atoms with van der Waals surface area (Å²) < 4.78 is 12.1. The lowest BCUT2D eigenvalue weighted by Crippen LogP contribution is -2.16. The van der Waals surface area contributed by atoms with Gasteiger partial charge in [-0.2, -0.15) is 0 Å². The first-order chi connectivity index (χ1) is 9.72. The van der Waals surface area contributed by atoms with Crippen LogP contribution in [0.15, 0.2) is 16.6 Å². The molecule has 0 heterocycles. The first-order valence-corrected chi connectivity index (χ1v) is 7.92. The third-order valence-electron chi connectivity index (χ3n) is 2.88. The molecule has 0 bridgehead atoms. The van der Waals surface area contributed by atoms with Crippen molar-refractivity contribution in [1.82, 2.24) is 5.32 Å². The van der Waals surface area contributed by atoms with Crippen LogP contribution in [0.3, 0.4) is 0 Å². The molecule has 0 amide bonds. The monoisotopic (exact) mass is 344 g/mol. The van der Waals surface area contributed by atoms with Crippen LogP contribution in [0.1, 0.15) is 31.7 Å². The molecule has 20 heavy (non-hydrogen) atoms. The van der Waals surface area contributed by atoms with E-state index in [1.807, 2.05) is 6.07 Å². The number of nitrogens with one attached hydrogen (secondary N) is 1. The van der Waals surface area contributed by atoms with Gasteiger partial charge in [-0.05, 0) is 66.0 Å². The Labute approximate surface area is 130 Å². The number of rotatable bonds is 10. The van der Waals surface area contributed by atoms with Crippen molar-refractivity contribution in [3.63, 3.8) is 0 Å². The highest BCUT2D eigenvalue weighted by Gasteiger charge is 2.11. The minimum absolute atomic E-state index is 0.686. The first-order valence-electron chi connectivity index (χ1n) is 7.12. The van der Waals surface area contributed by atoms with Gasteiger partial charge < -0.3 is 20.5 Å². The lowest BCUT2D eigenvalue weighted by Gasteiger charge is -2.14. The Morgan fingerprint density at radius 2 is 2.10 bits per heavy atom. The summed E-state index contributed by atoms with van der Waals surface area (Å²) in [6.07, 6.45) is 3.14. The molecule has 5 heteroatoms. The SMILES string of the molecule is CCCOc1c(Br)cc(CNCCCCN)cc1OC. The Balaban J connectivity index is 2.62. The van der Waals surface area contributed by atoms with Gasteiger partial charge in [-0.3, -0.25) is 0 Å². The Bertz CT molecular complexity index is 400. The van der Waals surface area contributed by atoms with Crippen molar-refractivity contribution >= 4 is 15.9 Å². The van der Waals surface area contributed by atoms with Crippen LogP contribution in [0.4, 0.5) is 0 Å². The molecule has 0 radical (unpaired) electrons. The summed E-state index contributed by atoms with van der Waals surface area (Å²) in [6.45, 7) is 5.31. The van der Waals surface area contributed by atoms with Gasteiger partial charge in [0.05, 0.1) is 18.2 Å². The molecule has 0 aromatic heterocycles. The fourth-order valence-electron chi connectivity index (χ4n) is 1.85. The molecule has 0 aliphatic carbocycles. The minimum Gasteiger partial charge on any atom is -0.493 e. The Hall–Kier alpha value is -0.780. The average Bonchev–Trinajstić information content (AvgIpc) is 2.45. The van der Waals surface area contributed by atoms with Crippen LogP contribution in [-0.2, 0) is 6.54 Å². The topological polar surface area (TPSA) is 56.5 Å². The zero-order valence-corrected chi connectivity index (χ0v) is 14.0. The van der Waals surface area contributed by atoms with Gasteiger partial charge in [-0.1, -0.05) is 6.92 Å². The number of methoxy groups -OCH3 is 1. The maximum atomic E-state index is 5.71. The maximum absolute atomic E-state index is 5.71. The summed E-state index contributed by atoms with van der Waals surface area (Å²) in [4.78, 5) is 0. The predicted molar refractivity (Wildman–Crippen MR) is 86.5 cm³/mol. The Morgan fingerprint density at radius 3 is 2.75 bits per heavy atom. The number of nitrogens with two attached hydrogens (primary N) is 1. The highest BCUT2D eigenvalue weighted by Crippen LogP contribution is 2.36. The fourth-order valence-corrected chi connectivity index (χ4v) is 2.45. The average molecular weight is 345 g/mol. The highest BCUT2D eigenvalue weighted by atomic mass is 79.9. The van der Waals surface area contributed by atoms with E-state index in [-0.39, 0.29) is 0 Å². The molecule has 1 rings (SSSR count). The van der Waals surface area contributed by atoms with Gasteiger partial charge in [0, 0.05) is 6.54 Å². The van der Waals surface area contributed by atoms with Crippen LogP contribution in [0, 0.1) is 0 Å². The van der Waals surface area contributed by atoms with Crippen molar-refractivity contribution in [2.24, 2.45) is 5.73 Å². The quantitative estimate of drug-likeness (QED) is 0.640. The molecule has 0 aliphatic rings. The van der Waals surface area contributed by atoms with E-state index >= 15 is 0 Å². The fraction of sp³-hybridized carbons (Fsp3) is 0.600. The van der Waals surface area contributed by atoms with Crippen LogP contribution in [0.25, 0.3) is 0 Å². The molecule has 0 saturated heterocycles. The van der Waals surface area contributed by atoms with Crippen LogP contribution < -0.4 is 20.5 Å². The second-order valence-electron chi connectivity index (χ2n) is 4.63. The molecule has 0 fully saturated rings. The lowest BCUT2D eigenvalue weighted by atomic mass is 10.2. The smallest absolute Gasteiger partial charge is 0.175 e. The summed E-state index contributed by atoms with van der Waals surface area (Å²) in [6, 6.07) is 4.09. The van der Waals surface area contributed by atoms with E-state index < -0.39 is 0 Å². The van der Waals surface area contributed by atoms with Gasteiger partial charge in [0.15, 0.2) is 11.5 Å². The number of hydrogen-bond acceptors (Lipinski definition) is 4. The molecule has 0 unspecified atom stereocenters. The van der Waals surface area contributed by atoms with Gasteiger partial charge in [-0.25, -0.2) is 0 Å². The van der Waals surface area contributed by atoms with Crippen LogP contribution in [0.2, 0.25) is 0 Å². The zero-order valence-electron chi connectivity index (χ0n) is 12.4. The number of unbranched alkanes of at least 4 members (excludes halogenated alkanes) is 1. The van der Waals surface area contributed by atoms with Gasteiger partial charge in [0.1, 0.15) is 0 Å². The van der Waals surface area contributed by atoms with Gasteiger partial charge >= 0.3 is 0 Å². The van der Waals surface area contributed by atoms with Crippen molar-refractivity contribution in [3.8, 4) is 11.5 Å². The molecule has 0 spiro atoms. The molecular formula is C15H25BrN2O2. The van der Waals surface area contributed by atoms with Crippen LogP contribution in [-0.4, -0.2) is 26.8 Å².